The molecule has 0 heterocycles. The van der Waals surface area contributed by atoms with Gasteiger partial charge in [0.2, 0.25) is 5.91 Å². The topological polar surface area (TPSA) is 110 Å². The maximum Gasteiger partial charge on any atom is 0.282 e. The third-order valence-electron chi connectivity index (χ3n) is 2.43. The summed E-state index contributed by atoms with van der Waals surface area (Å²) in [5.74, 6) is -0.714. The number of nitrogen functional groups attached to an aromatic ring is 1. The van der Waals surface area contributed by atoms with Crippen molar-refractivity contribution in [3.63, 3.8) is 0 Å². The van der Waals surface area contributed by atoms with E-state index in [0.29, 0.717) is 11.3 Å². The molecule has 7 nitrogen and oxygen atoms in total. The summed E-state index contributed by atoms with van der Waals surface area (Å²) in [4.78, 5) is 11.0. The lowest BCUT2D eigenvalue weighted by atomic mass is 10.2. The van der Waals surface area contributed by atoms with E-state index in [1.165, 1.54) is 14.1 Å². The fourth-order valence-electron chi connectivity index (χ4n) is 1.52. The fourth-order valence-corrected chi connectivity index (χ4v) is 2.58. The molecule has 0 bridgehead atoms. The number of carbonyl (C=O) groups is 1. The van der Waals surface area contributed by atoms with Crippen molar-refractivity contribution in [3.8, 4) is 0 Å². The minimum atomic E-state index is -3.72. The molecule has 1 amide bonds. The summed E-state index contributed by atoms with van der Waals surface area (Å²) in [6, 6.07) is 6.80. The van der Waals surface area contributed by atoms with Gasteiger partial charge in [-0.1, -0.05) is 12.1 Å². The molecule has 8 heteroatoms. The van der Waals surface area contributed by atoms with Crippen molar-refractivity contribution in [2.24, 2.45) is 5.73 Å². The average Bonchev–Trinajstić information content (AvgIpc) is 2.27. The summed E-state index contributed by atoms with van der Waals surface area (Å²) < 4.78 is 26.2. The number of nitrogens with two attached hydrogens (primary N) is 2. The molecule has 106 valence electrons. The highest BCUT2D eigenvalue weighted by Gasteiger charge is 2.26. The molecule has 0 saturated carbocycles. The fraction of sp³-hybridized carbons (Fsp3) is 0.364. The Bertz CT molecular complexity index is 557. The van der Waals surface area contributed by atoms with Gasteiger partial charge in [-0.3, -0.25) is 4.79 Å². The highest BCUT2D eigenvalue weighted by molar-refractivity contribution is 7.86. The Morgan fingerprint density at radius 1 is 1.32 bits per heavy atom. The molecule has 0 fully saturated rings. The van der Waals surface area contributed by atoms with Gasteiger partial charge in [0.1, 0.15) is 0 Å². The smallest absolute Gasteiger partial charge is 0.282 e. The quantitative estimate of drug-likeness (QED) is 0.678. The Morgan fingerprint density at radius 2 is 1.95 bits per heavy atom. The summed E-state index contributed by atoms with van der Waals surface area (Å²) >= 11 is 0. The molecule has 19 heavy (non-hydrogen) atoms. The van der Waals surface area contributed by atoms with Crippen LogP contribution >= 0.6 is 0 Å². The number of hydrogen-bond acceptors (Lipinski definition) is 4. The van der Waals surface area contributed by atoms with Crippen molar-refractivity contribution in [1.82, 2.24) is 8.61 Å². The zero-order valence-electron chi connectivity index (χ0n) is 10.9. The molecule has 0 unspecified atom stereocenters. The van der Waals surface area contributed by atoms with Gasteiger partial charge in [0, 0.05) is 26.3 Å². The molecule has 1 aromatic carbocycles. The van der Waals surface area contributed by atoms with Crippen LogP contribution in [0.25, 0.3) is 0 Å². The highest BCUT2D eigenvalue weighted by atomic mass is 32.2. The van der Waals surface area contributed by atoms with Crippen LogP contribution < -0.4 is 11.5 Å². The van der Waals surface area contributed by atoms with Crippen LogP contribution in [0.5, 0.6) is 0 Å². The Labute approximate surface area is 113 Å². The third-order valence-corrected chi connectivity index (χ3v) is 4.26. The standard InChI is InChI=1S/C11H18N4O3S/c1-14(2)19(17,18)15(8-11(13)16)7-9-4-3-5-10(12)6-9/h3-6H,7-8,12H2,1-2H3,(H2,13,16). The summed E-state index contributed by atoms with van der Waals surface area (Å²) in [6.45, 7) is -0.343. The predicted molar refractivity (Wildman–Crippen MR) is 73.1 cm³/mol. The van der Waals surface area contributed by atoms with E-state index < -0.39 is 16.1 Å². The van der Waals surface area contributed by atoms with Crippen molar-refractivity contribution in [2.75, 3.05) is 26.4 Å². The monoisotopic (exact) mass is 286 g/mol. The van der Waals surface area contributed by atoms with Crippen LogP contribution in [0.15, 0.2) is 24.3 Å². The normalized spacial score (nSPS) is 12.0. The first-order valence-electron chi connectivity index (χ1n) is 5.54. The Balaban J connectivity index is 3.02. The second-order valence-electron chi connectivity index (χ2n) is 4.27. The molecule has 0 aliphatic heterocycles. The SMILES string of the molecule is CN(C)S(=O)(=O)N(CC(N)=O)Cc1cccc(N)c1. The van der Waals surface area contributed by atoms with E-state index in [-0.39, 0.29) is 13.1 Å². The van der Waals surface area contributed by atoms with Gasteiger partial charge in [-0.05, 0) is 17.7 Å². The van der Waals surface area contributed by atoms with Gasteiger partial charge in [0.25, 0.3) is 10.2 Å². The van der Waals surface area contributed by atoms with E-state index >= 15 is 0 Å². The van der Waals surface area contributed by atoms with Crippen LogP contribution in [-0.4, -0.2) is 43.6 Å². The number of hydrogen-bond donors (Lipinski definition) is 2. The molecule has 4 N–H and O–H groups in total. The van der Waals surface area contributed by atoms with Crippen LogP contribution in [0.1, 0.15) is 5.56 Å². The average molecular weight is 286 g/mol. The molecule has 0 aliphatic carbocycles. The summed E-state index contributed by atoms with van der Waals surface area (Å²) in [7, 11) is -0.937. The second-order valence-corrected chi connectivity index (χ2v) is 6.41. The van der Waals surface area contributed by atoms with Crippen molar-refractivity contribution >= 4 is 21.8 Å². The molecule has 0 radical (unpaired) electrons. The Morgan fingerprint density at radius 3 is 2.42 bits per heavy atom. The van der Waals surface area contributed by atoms with Crippen LogP contribution in [0.2, 0.25) is 0 Å². The zero-order valence-corrected chi connectivity index (χ0v) is 11.7. The summed E-state index contributed by atoms with van der Waals surface area (Å²) in [5.41, 5.74) is 11.9. The lowest BCUT2D eigenvalue weighted by Crippen LogP contribution is -2.43. The summed E-state index contributed by atoms with van der Waals surface area (Å²) in [6.07, 6.45) is 0. The molecule has 0 spiro atoms. The minimum Gasteiger partial charge on any atom is -0.399 e. The van der Waals surface area contributed by atoms with Crippen LogP contribution in [0, 0.1) is 0 Å². The molecular weight excluding hydrogens is 268 g/mol. The number of nitrogens with zero attached hydrogens (tertiary/aromatic N) is 2. The van der Waals surface area contributed by atoms with E-state index in [4.69, 9.17) is 11.5 Å². The van der Waals surface area contributed by atoms with E-state index in [1.807, 2.05) is 0 Å². The lowest BCUT2D eigenvalue weighted by Gasteiger charge is -2.24. The van der Waals surface area contributed by atoms with Crippen LogP contribution in [0.3, 0.4) is 0 Å². The molecule has 1 aromatic rings. The maximum atomic E-state index is 12.1. The van der Waals surface area contributed by atoms with Gasteiger partial charge >= 0.3 is 0 Å². The van der Waals surface area contributed by atoms with E-state index in [2.05, 4.69) is 0 Å². The van der Waals surface area contributed by atoms with Crippen LogP contribution in [0.4, 0.5) is 5.69 Å². The van der Waals surface area contributed by atoms with Gasteiger partial charge in [0.05, 0.1) is 6.54 Å². The largest absolute Gasteiger partial charge is 0.399 e. The predicted octanol–water partition coefficient (Wildman–Crippen LogP) is -0.637. The van der Waals surface area contributed by atoms with Crippen LogP contribution in [-0.2, 0) is 21.5 Å². The van der Waals surface area contributed by atoms with Crippen molar-refractivity contribution in [1.29, 1.82) is 0 Å². The van der Waals surface area contributed by atoms with Gasteiger partial charge < -0.3 is 11.5 Å². The van der Waals surface area contributed by atoms with E-state index in [0.717, 1.165) is 8.61 Å². The maximum absolute atomic E-state index is 12.1. The molecule has 1 rings (SSSR count). The van der Waals surface area contributed by atoms with E-state index in [1.54, 1.807) is 24.3 Å². The Kier molecular flexibility index (Phi) is 4.87. The number of rotatable bonds is 6. The minimum absolute atomic E-state index is 0.0362. The molecule has 0 saturated heterocycles. The number of primary amides is 1. The van der Waals surface area contributed by atoms with Gasteiger partial charge in [-0.15, -0.1) is 0 Å². The molecule has 0 atom stereocenters. The zero-order chi connectivity index (χ0) is 14.6. The van der Waals surface area contributed by atoms with Crippen molar-refractivity contribution in [2.45, 2.75) is 6.54 Å². The molecule has 0 aromatic heterocycles. The van der Waals surface area contributed by atoms with Gasteiger partial charge in [-0.2, -0.15) is 17.0 Å². The Hall–Kier alpha value is -1.64. The number of anilines is 1. The number of amides is 1. The van der Waals surface area contributed by atoms with E-state index in [9.17, 15) is 13.2 Å². The third kappa shape index (κ3) is 4.19. The van der Waals surface area contributed by atoms with Crippen molar-refractivity contribution < 1.29 is 13.2 Å². The number of carbonyl (C=O) groups excluding carboxylic acids is 1. The first-order chi connectivity index (χ1) is 8.73. The first kappa shape index (κ1) is 15.4. The second kappa shape index (κ2) is 6.00. The molecular formula is C11H18N4O3S. The first-order valence-corrected chi connectivity index (χ1v) is 6.93. The lowest BCUT2D eigenvalue weighted by molar-refractivity contribution is -0.118. The van der Waals surface area contributed by atoms with Gasteiger partial charge in [0.15, 0.2) is 0 Å². The number of benzene rings is 1. The van der Waals surface area contributed by atoms with Gasteiger partial charge in [-0.25, -0.2) is 0 Å². The highest BCUT2D eigenvalue weighted by Crippen LogP contribution is 2.13. The summed E-state index contributed by atoms with van der Waals surface area (Å²) in [5, 5.41) is 0. The molecule has 0 aliphatic rings. The van der Waals surface area contributed by atoms with Crippen molar-refractivity contribution in [3.05, 3.63) is 29.8 Å².